The lowest BCUT2D eigenvalue weighted by Gasteiger charge is -1.98. The van der Waals surface area contributed by atoms with Gasteiger partial charge in [-0.15, -0.1) is 0 Å². The Morgan fingerprint density at radius 3 is 3.09 bits per heavy atom. The van der Waals surface area contributed by atoms with Gasteiger partial charge in [-0.3, -0.25) is 14.8 Å². The topological polar surface area (TPSA) is 61.0 Å². The van der Waals surface area contributed by atoms with Gasteiger partial charge < -0.3 is 0 Å². The van der Waals surface area contributed by atoms with Gasteiger partial charge in [0.05, 0.1) is 0 Å². The molecule has 0 radical (unpaired) electrons. The average Bonchev–Trinajstić information content (AvgIpc) is 2.34. The van der Waals surface area contributed by atoms with Gasteiger partial charge in [0.15, 0.2) is 0 Å². The number of nitrogens with zero attached hydrogens (tertiary/aromatic N) is 3. The first kappa shape index (κ1) is 7.71. The summed E-state index contributed by atoms with van der Waals surface area (Å²) >= 11 is 0. The fourth-order valence-corrected chi connectivity index (χ4v) is 0.911. The van der Waals surface area contributed by atoms with Gasteiger partial charge in [0.25, 0.3) is 0 Å². The molecule has 0 aromatic carbocycles. The maximum atomic E-state index is 10.1. The molecular formula is C6H9N3O2. The van der Waals surface area contributed by atoms with E-state index in [1.165, 1.54) is 0 Å². The van der Waals surface area contributed by atoms with Crippen molar-refractivity contribution in [2.75, 3.05) is 0 Å². The highest BCUT2D eigenvalue weighted by Crippen LogP contribution is 1.99. The second kappa shape index (κ2) is 3.14. The third kappa shape index (κ3) is 1.76. The molecule has 0 saturated carbocycles. The first-order valence-electron chi connectivity index (χ1n) is 3.36. The van der Waals surface area contributed by atoms with Crippen molar-refractivity contribution in [2.45, 2.75) is 20.0 Å². The average molecular weight is 155 g/mol. The number of aromatic nitrogens is 2. The monoisotopic (exact) mass is 155 g/mol. The van der Waals surface area contributed by atoms with Crippen molar-refractivity contribution in [1.29, 1.82) is 0 Å². The molecule has 60 valence electrons. The summed E-state index contributed by atoms with van der Waals surface area (Å²) in [7, 11) is 0. The van der Waals surface area contributed by atoms with Crippen LogP contribution in [0.4, 0.5) is 0 Å². The standard InChI is InChI=1S/C6H9N3O2/c1-2-8-6(3-4-7-8)5-9(10)11/h3-4H,2,5H2,1H3. The van der Waals surface area contributed by atoms with E-state index in [1.807, 2.05) is 6.92 Å². The first-order chi connectivity index (χ1) is 5.24. The predicted octanol–water partition coefficient (Wildman–Crippen LogP) is 0.680. The molecule has 5 heteroatoms. The van der Waals surface area contributed by atoms with Crippen LogP contribution >= 0.6 is 0 Å². The zero-order valence-electron chi connectivity index (χ0n) is 6.23. The Balaban J connectivity index is 2.76. The molecule has 1 aromatic heterocycles. The van der Waals surface area contributed by atoms with Crippen LogP contribution in [0.2, 0.25) is 0 Å². The van der Waals surface area contributed by atoms with Crippen LogP contribution < -0.4 is 0 Å². The molecule has 0 saturated heterocycles. The molecule has 0 unspecified atom stereocenters. The van der Waals surface area contributed by atoms with Gasteiger partial charge in [0.2, 0.25) is 6.54 Å². The van der Waals surface area contributed by atoms with Crippen molar-refractivity contribution in [1.82, 2.24) is 9.78 Å². The van der Waals surface area contributed by atoms with E-state index in [9.17, 15) is 10.1 Å². The third-order valence-electron chi connectivity index (χ3n) is 1.40. The lowest BCUT2D eigenvalue weighted by Crippen LogP contribution is -2.07. The van der Waals surface area contributed by atoms with Gasteiger partial charge >= 0.3 is 0 Å². The molecule has 1 heterocycles. The lowest BCUT2D eigenvalue weighted by molar-refractivity contribution is -0.498. The molecule has 0 atom stereocenters. The summed E-state index contributed by atoms with van der Waals surface area (Å²) in [6.45, 7) is 2.43. The van der Waals surface area contributed by atoms with Gasteiger partial charge in [-0.1, -0.05) is 0 Å². The van der Waals surface area contributed by atoms with Crippen LogP contribution in [0.5, 0.6) is 0 Å². The van der Waals surface area contributed by atoms with Crippen molar-refractivity contribution in [3.63, 3.8) is 0 Å². The molecule has 0 fully saturated rings. The van der Waals surface area contributed by atoms with E-state index in [2.05, 4.69) is 5.10 Å². The summed E-state index contributed by atoms with van der Waals surface area (Å²) in [6, 6.07) is 1.66. The molecule has 5 nitrogen and oxygen atoms in total. The van der Waals surface area contributed by atoms with Gasteiger partial charge in [0, 0.05) is 17.7 Å². The summed E-state index contributed by atoms with van der Waals surface area (Å²) in [5.41, 5.74) is 0.650. The predicted molar refractivity (Wildman–Crippen MR) is 38.6 cm³/mol. The van der Waals surface area contributed by atoms with Crippen LogP contribution in [-0.2, 0) is 13.1 Å². The minimum atomic E-state index is -0.358. The molecular weight excluding hydrogens is 146 g/mol. The van der Waals surface area contributed by atoms with Crippen molar-refractivity contribution in [2.24, 2.45) is 0 Å². The first-order valence-corrected chi connectivity index (χ1v) is 3.36. The maximum Gasteiger partial charge on any atom is 0.245 e. The highest BCUT2D eigenvalue weighted by atomic mass is 16.6. The molecule has 0 bridgehead atoms. The highest BCUT2D eigenvalue weighted by Gasteiger charge is 2.05. The van der Waals surface area contributed by atoms with E-state index in [0.29, 0.717) is 12.2 Å². The van der Waals surface area contributed by atoms with Crippen molar-refractivity contribution >= 4 is 0 Å². The van der Waals surface area contributed by atoms with Crippen LogP contribution in [0.15, 0.2) is 12.3 Å². The largest absolute Gasteiger partial charge is 0.264 e. The van der Waals surface area contributed by atoms with Crippen LogP contribution in [0.25, 0.3) is 0 Å². The summed E-state index contributed by atoms with van der Waals surface area (Å²) in [4.78, 5) is 9.74. The Bertz CT molecular complexity index is 256. The van der Waals surface area contributed by atoms with Crippen molar-refractivity contribution in [3.8, 4) is 0 Å². The van der Waals surface area contributed by atoms with Crippen LogP contribution in [0.1, 0.15) is 12.6 Å². The number of aryl methyl sites for hydroxylation is 1. The third-order valence-corrected chi connectivity index (χ3v) is 1.40. The smallest absolute Gasteiger partial charge is 0.245 e. The normalized spacial score (nSPS) is 9.91. The second-order valence-electron chi connectivity index (χ2n) is 2.13. The second-order valence-corrected chi connectivity index (χ2v) is 2.13. The van der Waals surface area contributed by atoms with Gasteiger partial charge in [-0.2, -0.15) is 5.10 Å². The van der Waals surface area contributed by atoms with E-state index in [0.717, 1.165) is 0 Å². The van der Waals surface area contributed by atoms with E-state index >= 15 is 0 Å². The fourth-order valence-electron chi connectivity index (χ4n) is 0.911. The summed E-state index contributed by atoms with van der Waals surface area (Å²) in [5, 5.41) is 14.0. The van der Waals surface area contributed by atoms with Crippen molar-refractivity contribution < 1.29 is 4.92 Å². The molecule has 1 rings (SSSR count). The number of nitro groups is 1. The Kier molecular flexibility index (Phi) is 2.20. The van der Waals surface area contributed by atoms with Crippen LogP contribution in [0.3, 0.4) is 0 Å². The number of hydrogen-bond acceptors (Lipinski definition) is 3. The molecule has 0 N–H and O–H groups in total. The van der Waals surface area contributed by atoms with E-state index in [1.54, 1.807) is 16.9 Å². The fraction of sp³-hybridized carbons (Fsp3) is 0.500. The molecule has 0 aliphatic carbocycles. The Morgan fingerprint density at radius 1 is 1.82 bits per heavy atom. The molecule has 11 heavy (non-hydrogen) atoms. The molecule has 0 amide bonds. The van der Waals surface area contributed by atoms with Gasteiger partial charge in [0.1, 0.15) is 5.69 Å². The zero-order valence-corrected chi connectivity index (χ0v) is 6.23. The van der Waals surface area contributed by atoms with E-state index in [-0.39, 0.29) is 11.5 Å². The number of hydrogen-bond donors (Lipinski definition) is 0. The van der Waals surface area contributed by atoms with Crippen molar-refractivity contribution in [3.05, 3.63) is 28.1 Å². The summed E-state index contributed by atoms with van der Waals surface area (Å²) < 4.78 is 1.61. The van der Waals surface area contributed by atoms with Gasteiger partial charge in [-0.25, -0.2) is 0 Å². The number of rotatable bonds is 3. The Labute approximate surface area is 63.8 Å². The molecule has 0 aliphatic heterocycles. The Hall–Kier alpha value is -1.39. The minimum Gasteiger partial charge on any atom is -0.264 e. The maximum absolute atomic E-state index is 10.1. The molecule has 0 spiro atoms. The van der Waals surface area contributed by atoms with Crippen LogP contribution in [-0.4, -0.2) is 14.7 Å². The van der Waals surface area contributed by atoms with Gasteiger partial charge in [-0.05, 0) is 13.0 Å². The molecule has 0 aliphatic rings. The highest BCUT2D eigenvalue weighted by molar-refractivity contribution is 4.97. The summed E-state index contributed by atoms with van der Waals surface area (Å²) in [6.07, 6.45) is 1.57. The lowest BCUT2D eigenvalue weighted by atomic mass is 10.4. The van der Waals surface area contributed by atoms with Crippen LogP contribution in [0, 0.1) is 10.1 Å². The van der Waals surface area contributed by atoms with E-state index in [4.69, 9.17) is 0 Å². The quantitative estimate of drug-likeness (QED) is 0.476. The zero-order chi connectivity index (χ0) is 8.27. The SMILES string of the molecule is CCn1nccc1C[N+](=O)[O-]. The Morgan fingerprint density at radius 2 is 2.55 bits per heavy atom. The minimum absolute atomic E-state index is 0.145. The molecule has 1 aromatic rings. The van der Waals surface area contributed by atoms with E-state index < -0.39 is 0 Å². The summed E-state index contributed by atoms with van der Waals surface area (Å²) in [5.74, 6) is 0.